The highest BCUT2D eigenvalue weighted by atomic mass is 16.7. The van der Waals surface area contributed by atoms with Gasteiger partial charge in [0.25, 0.3) is 5.91 Å². The summed E-state index contributed by atoms with van der Waals surface area (Å²) in [6.45, 7) is 18.2. The molecule has 3 N–H and O–H groups in total. The summed E-state index contributed by atoms with van der Waals surface area (Å²) in [5, 5.41) is 5.27. The molecule has 268 valence electrons. The molecule has 12 heteroatoms. The first-order valence-electron chi connectivity index (χ1n) is 17.6. The summed E-state index contributed by atoms with van der Waals surface area (Å²) in [6.07, 6.45) is 1.24. The summed E-state index contributed by atoms with van der Waals surface area (Å²) >= 11 is 0. The lowest BCUT2D eigenvalue weighted by molar-refractivity contribution is -0.155. The van der Waals surface area contributed by atoms with E-state index in [4.69, 9.17) is 18.8 Å². The van der Waals surface area contributed by atoms with Crippen LogP contribution in [0.5, 0.6) is 0 Å². The van der Waals surface area contributed by atoms with Crippen molar-refractivity contribution in [3.63, 3.8) is 0 Å². The van der Waals surface area contributed by atoms with E-state index in [1.807, 2.05) is 45.9 Å². The Bertz CT molecular complexity index is 1780. The molecule has 3 aromatic rings. The number of ether oxygens (including phenoxy) is 2. The van der Waals surface area contributed by atoms with E-state index in [0.717, 1.165) is 38.8 Å². The maximum atomic E-state index is 14.0. The Morgan fingerprint density at radius 2 is 1.70 bits per heavy atom. The number of benzene rings is 2. The Morgan fingerprint density at radius 3 is 2.40 bits per heavy atom. The van der Waals surface area contributed by atoms with Crippen molar-refractivity contribution >= 4 is 41.6 Å². The summed E-state index contributed by atoms with van der Waals surface area (Å²) in [5.74, 6) is -0.776. The Morgan fingerprint density at radius 1 is 1.00 bits per heavy atom. The number of esters is 1. The summed E-state index contributed by atoms with van der Waals surface area (Å²) in [7, 11) is -0.602. The molecule has 0 unspecified atom stereocenters. The number of aromatic amines is 1. The van der Waals surface area contributed by atoms with Gasteiger partial charge in [0.05, 0.1) is 17.8 Å². The Labute approximate surface area is 295 Å². The SMILES string of the molecule is CC1(C)COC(=O)[C@@H]2CCCN(N2)C(=O)[C@@H](NC(=O)OC(C)(C)C)Cc2cccc(c2)-c2ccc3[nH]c(B4OC(C)(C)C(C)(C)O4)c(c3c2)C1. The maximum absolute atomic E-state index is 14.0. The van der Waals surface area contributed by atoms with Gasteiger partial charge in [0.15, 0.2) is 0 Å². The summed E-state index contributed by atoms with van der Waals surface area (Å²) in [4.78, 5) is 44.1. The fraction of sp³-hybridized carbons (Fsp3) is 0.553. The second-order valence-electron chi connectivity index (χ2n) is 16.7. The first-order chi connectivity index (χ1) is 23.3. The van der Waals surface area contributed by atoms with E-state index >= 15 is 0 Å². The number of carbonyl (C=O) groups excluding carboxylic acids is 3. The van der Waals surface area contributed by atoms with Crippen molar-refractivity contribution in [2.45, 2.75) is 117 Å². The third-order valence-electron chi connectivity index (χ3n) is 10.1. The minimum Gasteiger partial charge on any atom is -0.464 e. The van der Waals surface area contributed by atoms with Crippen LogP contribution in [0.15, 0.2) is 42.5 Å². The monoisotopic (exact) mass is 686 g/mol. The number of carbonyl (C=O) groups is 3. The van der Waals surface area contributed by atoms with Crippen LogP contribution >= 0.6 is 0 Å². The van der Waals surface area contributed by atoms with E-state index in [-0.39, 0.29) is 18.9 Å². The molecule has 2 saturated heterocycles. The molecule has 0 radical (unpaired) electrons. The third kappa shape index (κ3) is 7.57. The average molecular weight is 687 g/mol. The van der Waals surface area contributed by atoms with Gasteiger partial charge in [0.2, 0.25) is 0 Å². The van der Waals surface area contributed by atoms with Crippen molar-refractivity contribution in [1.29, 1.82) is 0 Å². The van der Waals surface area contributed by atoms with Gasteiger partial charge in [-0.2, -0.15) is 0 Å². The molecule has 11 nitrogen and oxygen atoms in total. The summed E-state index contributed by atoms with van der Waals surface area (Å²) in [6, 6.07) is 12.7. The van der Waals surface area contributed by atoms with Crippen LogP contribution in [0, 0.1) is 5.41 Å². The zero-order valence-electron chi connectivity index (χ0n) is 30.8. The highest BCUT2D eigenvalue weighted by Crippen LogP contribution is 2.38. The number of fused-ring (bicyclic) bond motifs is 6. The van der Waals surface area contributed by atoms with E-state index < -0.39 is 53.5 Å². The van der Waals surface area contributed by atoms with Crippen LogP contribution in [0.4, 0.5) is 4.79 Å². The standard InChI is InChI=1S/C38H51BN4O7/c1-35(2,3)48-34(46)41-30-19-23-12-10-13-24(18-23)25-15-16-28-26(20-25)27(31(40-28)39-49-37(6,7)38(8,9)50-39)21-36(4,5)22-47-33(45)29-14-11-17-43(42-29)32(30)44/h10,12-13,15-16,18,20,29-30,40,42H,11,14,17,19,21-22H2,1-9H3,(H,41,46)/t29-,30-/m0/s1. The molecule has 3 aliphatic rings. The minimum atomic E-state index is -0.943. The number of rotatable bonds is 2. The molecule has 50 heavy (non-hydrogen) atoms. The molecule has 6 bridgehead atoms. The minimum absolute atomic E-state index is 0.165. The molecule has 4 heterocycles. The number of amides is 2. The van der Waals surface area contributed by atoms with Gasteiger partial charge >= 0.3 is 19.2 Å². The van der Waals surface area contributed by atoms with Crippen LogP contribution in [-0.2, 0) is 41.2 Å². The molecule has 2 atom stereocenters. The number of hydrazine groups is 1. The van der Waals surface area contributed by atoms with Gasteiger partial charge in [-0.05, 0) is 102 Å². The summed E-state index contributed by atoms with van der Waals surface area (Å²) < 4.78 is 24.5. The largest absolute Gasteiger partial charge is 0.512 e. The zero-order chi connectivity index (χ0) is 36.2. The molecule has 2 amide bonds. The molecule has 2 fully saturated rings. The van der Waals surface area contributed by atoms with E-state index in [0.29, 0.717) is 25.8 Å². The molecule has 0 saturated carbocycles. The Balaban J connectivity index is 1.43. The number of H-pyrrole nitrogens is 1. The number of hydrogen-bond acceptors (Lipinski definition) is 8. The van der Waals surface area contributed by atoms with E-state index in [9.17, 15) is 14.4 Å². The lowest BCUT2D eigenvalue weighted by atomic mass is 9.76. The molecule has 6 rings (SSSR count). The molecule has 0 spiro atoms. The topological polar surface area (TPSA) is 131 Å². The van der Waals surface area contributed by atoms with Gasteiger partial charge < -0.3 is 29.1 Å². The lowest BCUT2D eigenvalue weighted by Gasteiger charge is -2.35. The first kappa shape index (κ1) is 35.9. The van der Waals surface area contributed by atoms with E-state index in [1.54, 1.807) is 20.8 Å². The Hall–Kier alpha value is -3.87. The normalized spacial score (nSPS) is 23.7. The molecular weight excluding hydrogens is 635 g/mol. The third-order valence-corrected chi connectivity index (χ3v) is 10.1. The molecule has 1 aromatic heterocycles. The van der Waals surface area contributed by atoms with Crippen LogP contribution < -0.4 is 16.3 Å². The number of cyclic esters (lactones) is 1. The molecule has 3 aliphatic heterocycles. The number of hydrogen-bond donors (Lipinski definition) is 3. The van der Waals surface area contributed by atoms with Gasteiger partial charge in [-0.1, -0.05) is 44.2 Å². The number of aromatic nitrogens is 1. The van der Waals surface area contributed by atoms with Crippen LogP contribution in [0.1, 0.15) is 86.3 Å². The fourth-order valence-corrected chi connectivity index (χ4v) is 6.76. The van der Waals surface area contributed by atoms with E-state index in [2.05, 4.69) is 53.8 Å². The van der Waals surface area contributed by atoms with Gasteiger partial charge in [0, 0.05) is 34.9 Å². The van der Waals surface area contributed by atoms with Crippen molar-refractivity contribution in [2.75, 3.05) is 13.2 Å². The molecule has 0 aliphatic carbocycles. The van der Waals surface area contributed by atoms with Crippen LogP contribution in [0.3, 0.4) is 0 Å². The first-order valence-corrected chi connectivity index (χ1v) is 17.6. The predicted octanol–water partition coefficient (Wildman–Crippen LogP) is 5.19. The van der Waals surface area contributed by atoms with E-state index in [1.165, 1.54) is 5.01 Å². The van der Waals surface area contributed by atoms with Crippen molar-refractivity contribution < 1.29 is 33.2 Å². The number of nitrogens with zero attached hydrogens (tertiary/aromatic N) is 1. The lowest BCUT2D eigenvalue weighted by Crippen LogP contribution is -2.60. The summed E-state index contributed by atoms with van der Waals surface area (Å²) in [5.41, 5.74) is 6.54. The van der Waals surface area contributed by atoms with Crippen LogP contribution in [0.25, 0.3) is 22.0 Å². The van der Waals surface area contributed by atoms with Gasteiger partial charge in [-0.3, -0.25) is 14.6 Å². The highest BCUT2D eigenvalue weighted by molar-refractivity contribution is 6.62. The predicted molar refractivity (Wildman–Crippen MR) is 193 cm³/mol. The van der Waals surface area contributed by atoms with Gasteiger partial charge in [-0.15, -0.1) is 0 Å². The van der Waals surface area contributed by atoms with Crippen molar-refractivity contribution in [2.24, 2.45) is 5.41 Å². The highest BCUT2D eigenvalue weighted by Gasteiger charge is 2.53. The second-order valence-corrected chi connectivity index (χ2v) is 16.7. The van der Waals surface area contributed by atoms with Crippen LogP contribution in [-0.4, -0.2) is 77.1 Å². The van der Waals surface area contributed by atoms with Gasteiger partial charge in [0.1, 0.15) is 17.7 Å². The smallest absolute Gasteiger partial charge is 0.464 e. The fourth-order valence-electron chi connectivity index (χ4n) is 6.76. The second kappa shape index (κ2) is 13.0. The maximum Gasteiger partial charge on any atom is 0.512 e. The van der Waals surface area contributed by atoms with Crippen molar-refractivity contribution in [1.82, 2.24) is 20.7 Å². The quantitative estimate of drug-likeness (QED) is 0.248. The number of alkyl carbamates (subject to hydrolysis) is 1. The molecular formula is C38H51BN4O7. The van der Waals surface area contributed by atoms with Crippen molar-refractivity contribution in [3.8, 4) is 11.1 Å². The van der Waals surface area contributed by atoms with Crippen molar-refractivity contribution in [3.05, 3.63) is 53.6 Å². The average Bonchev–Trinajstić information content (AvgIpc) is 3.48. The molecule has 2 aromatic carbocycles. The zero-order valence-corrected chi connectivity index (χ0v) is 30.8. The van der Waals surface area contributed by atoms with Gasteiger partial charge in [-0.25, -0.2) is 10.2 Å². The Kier molecular flexibility index (Phi) is 9.37. The van der Waals surface area contributed by atoms with Crippen LogP contribution in [0.2, 0.25) is 0 Å². The number of nitrogens with one attached hydrogen (secondary N) is 3.